The summed E-state index contributed by atoms with van der Waals surface area (Å²) < 4.78 is 45.8. The number of methoxy groups -OCH3 is 2. The van der Waals surface area contributed by atoms with Crippen LogP contribution in [0.1, 0.15) is 32.3 Å². The minimum Gasteiger partial charge on any atom is -0.493 e. The van der Waals surface area contributed by atoms with E-state index < -0.39 is 16.2 Å². The van der Waals surface area contributed by atoms with Gasteiger partial charge in [0.25, 0.3) is 0 Å². The number of benzene rings is 1. The van der Waals surface area contributed by atoms with Gasteiger partial charge in [-0.3, -0.25) is 0 Å². The van der Waals surface area contributed by atoms with Crippen LogP contribution in [0.3, 0.4) is 0 Å². The quantitative estimate of drug-likeness (QED) is 0.626. The van der Waals surface area contributed by atoms with E-state index in [0.29, 0.717) is 29.9 Å². The van der Waals surface area contributed by atoms with Crippen molar-refractivity contribution in [3.8, 4) is 11.5 Å². The van der Waals surface area contributed by atoms with E-state index in [1.807, 2.05) is 13.8 Å². The Balaban J connectivity index is 2.53. The van der Waals surface area contributed by atoms with E-state index in [2.05, 4.69) is 4.40 Å². The van der Waals surface area contributed by atoms with Gasteiger partial charge in [-0.05, 0) is 37.1 Å². The molecule has 1 heterocycles. The number of carbonyl (C=O) groups excluding carboxylic acids is 1. The molecule has 8 nitrogen and oxygen atoms in total. The number of hydrogen-bond donors (Lipinski definition) is 0. The van der Waals surface area contributed by atoms with Crippen LogP contribution in [0.5, 0.6) is 11.5 Å². The Labute approximate surface area is 159 Å². The normalized spacial score (nSPS) is 15.6. The highest BCUT2D eigenvalue weighted by atomic mass is 32.2. The van der Waals surface area contributed by atoms with Gasteiger partial charge in [-0.1, -0.05) is 13.8 Å². The topological polar surface area (TPSA) is 94.5 Å². The Bertz CT molecular complexity index is 861. The fourth-order valence-electron chi connectivity index (χ4n) is 2.53. The fourth-order valence-corrected chi connectivity index (χ4v) is 3.82. The molecule has 1 aliphatic heterocycles. The summed E-state index contributed by atoms with van der Waals surface area (Å²) >= 11 is 0. The fraction of sp³-hybridized carbons (Fsp3) is 0.444. The van der Waals surface area contributed by atoms with E-state index in [-0.39, 0.29) is 24.6 Å². The Morgan fingerprint density at radius 3 is 2.41 bits per heavy atom. The third-order valence-corrected chi connectivity index (χ3v) is 5.15. The van der Waals surface area contributed by atoms with Crippen LogP contribution in [0.15, 0.2) is 34.4 Å². The summed E-state index contributed by atoms with van der Waals surface area (Å²) in [5, 5.41) is 0. The maximum Gasteiger partial charge on any atom is 0.355 e. The first-order valence-corrected chi connectivity index (χ1v) is 10.0. The van der Waals surface area contributed by atoms with Crippen molar-refractivity contribution in [2.45, 2.75) is 26.7 Å². The Hall–Kier alpha value is -2.55. The lowest BCUT2D eigenvalue weighted by Gasteiger charge is -2.26. The van der Waals surface area contributed by atoms with Crippen LogP contribution in [0.4, 0.5) is 0 Å². The van der Waals surface area contributed by atoms with Gasteiger partial charge in [0.05, 0.1) is 26.5 Å². The van der Waals surface area contributed by atoms with Gasteiger partial charge in [0.1, 0.15) is 5.70 Å². The summed E-state index contributed by atoms with van der Waals surface area (Å²) in [5.41, 5.74) is 0.560. The molecule has 148 valence electrons. The highest BCUT2D eigenvalue weighted by Gasteiger charge is 2.33. The van der Waals surface area contributed by atoms with Crippen molar-refractivity contribution in [2.24, 2.45) is 4.40 Å². The van der Waals surface area contributed by atoms with Gasteiger partial charge in [0.2, 0.25) is 0 Å². The molecule has 27 heavy (non-hydrogen) atoms. The van der Waals surface area contributed by atoms with E-state index in [0.717, 1.165) is 4.31 Å². The number of allylic oxidation sites excluding steroid dienone is 1. The summed E-state index contributed by atoms with van der Waals surface area (Å²) in [7, 11) is -1.07. The smallest absolute Gasteiger partial charge is 0.355 e. The molecule has 0 unspecified atom stereocenters. The van der Waals surface area contributed by atoms with Crippen molar-refractivity contribution in [1.29, 1.82) is 0 Å². The molecule has 0 atom stereocenters. The summed E-state index contributed by atoms with van der Waals surface area (Å²) in [4.78, 5) is 12.4. The van der Waals surface area contributed by atoms with Gasteiger partial charge in [-0.25, -0.2) is 9.10 Å². The molecule has 0 aliphatic carbocycles. The molecule has 0 saturated carbocycles. The van der Waals surface area contributed by atoms with E-state index in [1.54, 1.807) is 18.2 Å². The van der Waals surface area contributed by atoms with Gasteiger partial charge in [-0.15, -0.1) is 4.40 Å². The number of rotatable bonds is 8. The molecule has 0 bridgehead atoms. The average Bonchev–Trinajstić information content (AvgIpc) is 2.66. The molecule has 0 aromatic heterocycles. The second-order valence-corrected chi connectivity index (χ2v) is 7.28. The van der Waals surface area contributed by atoms with Crippen LogP contribution in [0.2, 0.25) is 0 Å². The zero-order valence-corrected chi connectivity index (χ0v) is 16.7. The summed E-state index contributed by atoms with van der Waals surface area (Å²) in [6.45, 7) is 4.02. The number of ether oxygens (including phenoxy) is 3. The molecule has 0 saturated heterocycles. The van der Waals surface area contributed by atoms with Crippen LogP contribution in [-0.2, 0) is 19.7 Å². The highest BCUT2D eigenvalue weighted by Crippen LogP contribution is 2.30. The summed E-state index contributed by atoms with van der Waals surface area (Å²) in [6.07, 6.45) is 2.59. The van der Waals surface area contributed by atoms with Crippen LogP contribution >= 0.6 is 0 Å². The van der Waals surface area contributed by atoms with Crippen molar-refractivity contribution >= 4 is 21.9 Å². The minimum absolute atomic E-state index is 0.0508. The summed E-state index contributed by atoms with van der Waals surface area (Å²) in [6, 6.07) is 4.90. The van der Waals surface area contributed by atoms with E-state index in [9.17, 15) is 13.2 Å². The maximum absolute atomic E-state index is 12.7. The molecule has 9 heteroatoms. The Morgan fingerprint density at radius 1 is 1.11 bits per heavy atom. The molecule has 0 radical (unpaired) electrons. The van der Waals surface area contributed by atoms with E-state index in [4.69, 9.17) is 14.2 Å². The van der Waals surface area contributed by atoms with Gasteiger partial charge in [0, 0.05) is 12.1 Å². The van der Waals surface area contributed by atoms with Crippen molar-refractivity contribution < 1.29 is 27.4 Å². The van der Waals surface area contributed by atoms with Gasteiger partial charge >= 0.3 is 16.2 Å². The minimum atomic E-state index is -4.06. The lowest BCUT2D eigenvalue weighted by molar-refractivity contribution is -0.140. The van der Waals surface area contributed by atoms with Crippen LogP contribution in [0.25, 0.3) is 0 Å². The third-order valence-electron chi connectivity index (χ3n) is 3.79. The first kappa shape index (κ1) is 20.8. The molecule has 1 aromatic carbocycles. The van der Waals surface area contributed by atoms with Crippen molar-refractivity contribution in [2.75, 3.05) is 27.4 Å². The van der Waals surface area contributed by atoms with Crippen molar-refractivity contribution in [1.82, 2.24) is 4.31 Å². The maximum atomic E-state index is 12.7. The lowest BCUT2D eigenvalue weighted by atomic mass is 10.1. The van der Waals surface area contributed by atoms with Crippen LogP contribution in [0, 0.1) is 0 Å². The number of esters is 1. The van der Waals surface area contributed by atoms with E-state index >= 15 is 0 Å². The Morgan fingerprint density at radius 2 is 1.81 bits per heavy atom. The van der Waals surface area contributed by atoms with Crippen molar-refractivity contribution in [3.05, 3.63) is 35.5 Å². The zero-order valence-electron chi connectivity index (χ0n) is 15.9. The molecule has 1 aromatic rings. The Kier molecular flexibility index (Phi) is 6.84. The highest BCUT2D eigenvalue weighted by molar-refractivity contribution is 7.88. The second-order valence-electron chi connectivity index (χ2n) is 5.76. The van der Waals surface area contributed by atoms with Crippen LogP contribution in [-0.4, -0.2) is 51.8 Å². The number of hydrogen-bond acceptors (Lipinski definition) is 6. The monoisotopic (exact) mass is 396 g/mol. The first-order valence-electron chi connectivity index (χ1n) is 8.61. The molecule has 2 rings (SSSR count). The molecule has 0 N–H and O–H groups in total. The number of nitrogens with zero attached hydrogens (tertiary/aromatic N) is 2. The third kappa shape index (κ3) is 4.60. The zero-order chi connectivity index (χ0) is 20.0. The average molecular weight is 396 g/mol. The standard InChI is InChI=1S/C18H24N2O6S/c1-5-9-20-15(18(21)26-10-6-2)12-14(19-27(20,22)23)13-7-8-16(24-3)17(11-13)25-4/h7-8,11-12H,5-6,9-10H2,1-4H3. The van der Waals surface area contributed by atoms with Gasteiger partial charge in [-0.2, -0.15) is 8.42 Å². The van der Waals surface area contributed by atoms with E-state index in [1.165, 1.54) is 20.3 Å². The molecule has 0 amide bonds. The predicted molar refractivity (Wildman–Crippen MR) is 101 cm³/mol. The van der Waals surface area contributed by atoms with Gasteiger partial charge in [0.15, 0.2) is 11.5 Å². The van der Waals surface area contributed by atoms with Crippen LogP contribution < -0.4 is 9.47 Å². The molecule has 0 spiro atoms. The molecular formula is C18H24N2O6S. The van der Waals surface area contributed by atoms with Crippen molar-refractivity contribution in [3.63, 3.8) is 0 Å². The largest absolute Gasteiger partial charge is 0.493 e. The molecule has 1 aliphatic rings. The SMILES string of the molecule is CCCOC(=O)C1=CC(c2ccc(OC)c(OC)c2)=NS(=O)(=O)N1CCC. The predicted octanol–water partition coefficient (Wildman–Crippen LogP) is 2.30. The summed E-state index contributed by atoms with van der Waals surface area (Å²) in [5.74, 6) is 0.232. The molecular weight excluding hydrogens is 372 g/mol. The number of carbonyl (C=O) groups is 1. The second kappa shape index (κ2) is 8.90. The first-order chi connectivity index (χ1) is 12.9. The lowest BCUT2D eigenvalue weighted by Crippen LogP contribution is -2.37. The van der Waals surface area contributed by atoms with Gasteiger partial charge < -0.3 is 14.2 Å². The molecule has 0 fully saturated rings.